The molecule has 0 atom stereocenters. The summed E-state index contributed by atoms with van der Waals surface area (Å²) in [6, 6.07) is 4.58. The van der Waals surface area contributed by atoms with E-state index in [0.717, 1.165) is 4.40 Å². The second-order valence-corrected chi connectivity index (χ2v) is 3.89. The van der Waals surface area contributed by atoms with Gasteiger partial charge in [0.05, 0.1) is 6.61 Å². The van der Waals surface area contributed by atoms with Gasteiger partial charge in [-0.1, -0.05) is 6.07 Å². The lowest BCUT2D eigenvalue weighted by Gasteiger charge is -2.08. The number of rotatable bonds is 2. The molecule has 2 heterocycles. The van der Waals surface area contributed by atoms with Gasteiger partial charge in [-0.25, -0.2) is 9.78 Å². The van der Waals surface area contributed by atoms with Gasteiger partial charge in [0.1, 0.15) is 5.65 Å². The average Bonchev–Trinajstić information content (AvgIpc) is 2.70. The second kappa shape index (κ2) is 4.56. The van der Waals surface area contributed by atoms with Crippen LogP contribution >= 0.6 is 0 Å². The number of hydrogen-bond acceptors (Lipinski definition) is 3. The molecule has 0 bridgehead atoms. The lowest BCUT2D eigenvalue weighted by molar-refractivity contribution is -0.141. The Kier molecular flexibility index (Phi) is 3.21. The largest absolute Gasteiger partial charge is 0.461 e. The highest BCUT2D eigenvalue weighted by Gasteiger charge is 2.40. The number of aromatic nitrogens is 2. The molecule has 0 saturated heterocycles. The van der Waals surface area contributed by atoms with Crippen molar-refractivity contribution >= 4 is 11.6 Å². The Morgan fingerprint density at radius 2 is 2.11 bits per heavy atom. The molecule has 2 rings (SSSR count). The highest BCUT2D eigenvalue weighted by atomic mass is 19.4. The Balaban J connectivity index is 2.78. The topological polar surface area (TPSA) is 43.6 Å². The van der Waals surface area contributed by atoms with Gasteiger partial charge in [-0.2, -0.15) is 13.2 Å². The summed E-state index contributed by atoms with van der Waals surface area (Å²) in [4.78, 5) is 15.2. The molecule has 2 aromatic rings. The highest BCUT2D eigenvalue weighted by Crippen LogP contribution is 2.32. The zero-order valence-corrected chi connectivity index (χ0v) is 10.3. The van der Waals surface area contributed by atoms with Gasteiger partial charge in [0.15, 0.2) is 11.4 Å². The minimum atomic E-state index is -4.71. The van der Waals surface area contributed by atoms with Crippen molar-refractivity contribution in [2.45, 2.75) is 20.0 Å². The van der Waals surface area contributed by atoms with E-state index < -0.39 is 23.5 Å². The van der Waals surface area contributed by atoms with Crippen LogP contribution in [0.5, 0.6) is 0 Å². The van der Waals surface area contributed by atoms with Crippen molar-refractivity contribution in [1.82, 2.24) is 9.38 Å². The second-order valence-electron chi connectivity index (χ2n) is 3.89. The molecule has 102 valence electrons. The Hall–Kier alpha value is -2.05. The number of alkyl halides is 3. The third-order valence-corrected chi connectivity index (χ3v) is 2.58. The number of imidazole rings is 1. The maximum Gasteiger partial charge on any atom is 0.435 e. The number of esters is 1. The first-order valence-electron chi connectivity index (χ1n) is 5.58. The van der Waals surface area contributed by atoms with Crippen LogP contribution in [0.15, 0.2) is 18.2 Å². The third-order valence-electron chi connectivity index (χ3n) is 2.58. The van der Waals surface area contributed by atoms with Gasteiger partial charge in [0.25, 0.3) is 0 Å². The molecule has 4 nitrogen and oxygen atoms in total. The molecule has 0 aliphatic carbocycles. The maximum atomic E-state index is 12.9. The molecule has 19 heavy (non-hydrogen) atoms. The first-order chi connectivity index (χ1) is 8.86. The molecular weight excluding hydrogens is 261 g/mol. The molecule has 0 aliphatic heterocycles. The molecule has 0 fully saturated rings. The summed E-state index contributed by atoms with van der Waals surface area (Å²) in [5, 5.41) is 0. The Morgan fingerprint density at radius 3 is 2.68 bits per heavy atom. The lowest BCUT2D eigenvalue weighted by Crippen LogP contribution is -2.17. The van der Waals surface area contributed by atoms with Crippen LogP contribution in [-0.4, -0.2) is 22.0 Å². The zero-order chi connectivity index (χ0) is 14.2. The van der Waals surface area contributed by atoms with E-state index in [1.165, 1.54) is 13.0 Å². The quantitative estimate of drug-likeness (QED) is 0.789. The van der Waals surface area contributed by atoms with E-state index in [1.54, 1.807) is 19.1 Å². The summed E-state index contributed by atoms with van der Waals surface area (Å²) in [5.41, 5.74) is -1.26. The summed E-state index contributed by atoms with van der Waals surface area (Å²) in [6.45, 7) is 3.12. The fraction of sp³-hybridized carbons (Fsp3) is 0.333. The summed E-state index contributed by atoms with van der Waals surface area (Å²) in [7, 11) is 0. The predicted octanol–water partition coefficient (Wildman–Crippen LogP) is 2.84. The van der Waals surface area contributed by atoms with Crippen LogP contribution in [0.1, 0.15) is 28.8 Å². The van der Waals surface area contributed by atoms with E-state index in [4.69, 9.17) is 0 Å². The first-order valence-corrected chi connectivity index (χ1v) is 5.58. The molecule has 2 aromatic heterocycles. The van der Waals surface area contributed by atoms with Gasteiger partial charge in [0, 0.05) is 5.69 Å². The zero-order valence-electron chi connectivity index (χ0n) is 10.3. The van der Waals surface area contributed by atoms with Crippen molar-refractivity contribution in [3.8, 4) is 0 Å². The van der Waals surface area contributed by atoms with Crippen LogP contribution in [0.25, 0.3) is 5.65 Å². The Morgan fingerprint density at radius 1 is 1.42 bits per heavy atom. The lowest BCUT2D eigenvalue weighted by atomic mass is 10.3. The van der Waals surface area contributed by atoms with E-state index in [2.05, 4.69) is 9.72 Å². The van der Waals surface area contributed by atoms with E-state index in [9.17, 15) is 18.0 Å². The molecular formula is C12H11F3N2O2. The van der Waals surface area contributed by atoms with Crippen molar-refractivity contribution in [2.24, 2.45) is 0 Å². The Bertz CT molecular complexity index is 632. The van der Waals surface area contributed by atoms with Gasteiger partial charge in [-0.15, -0.1) is 0 Å². The average molecular weight is 272 g/mol. The van der Waals surface area contributed by atoms with Crippen molar-refractivity contribution in [2.75, 3.05) is 6.61 Å². The summed E-state index contributed by atoms with van der Waals surface area (Å²) in [6.07, 6.45) is -4.71. The standard InChI is InChI=1S/C12H11F3N2O2/c1-3-19-11(18)9-10(12(13,14)15)16-8-6-4-5-7(2)17(8)9/h4-6H,3H2,1-2H3. The highest BCUT2D eigenvalue weighted by molar-refractivity contribution is 5.90. The van der Waals surface area contributed by atoms with Crippen molar-refractivity contribution in [1.29, 1.82) is 0 Å². The van der Waals surface area contributed by atoms with Crippen LogP contribution < -0.4 is 0 Å². The van der Waals surface area contributed by atoms with E-state index in [0.29, 0.717) is 5.69 Å². The number of pyridine rings is 1. The van der Waals surface area contributed by atoms with E-state index in [-0.39, 0.29) is 12.3 Å². The van der Waals surface area contributed by atoms with Crippen LogP contribution in [0.4, 0.5) is 13.2 Å². The minimum Gasteiger partial charge on any atom is -0.461 e. The summed E-state index contributed by atoms with van der Waals surface area (Å²) >= 11 is 0. The fourth-order valence-corrected chi connectivity index (χ4v) is 1.84. The van der Waals surface area contributed by atoms with E-state index >= 15 is 0 Å². The number of aryl methyl sites for hydroxylation is 1. The molecule has 0 N–H and O–H groups in total. The van der Waals surface area contributed by atoms with Crippen LogP contribution in [-0.2, 0) is 10.9 Å². The molecule has 0 aromatic carbocycles. The number of hydrogen-bond donors (Lipinski definition) is 0. The molecule has 7 heteroatoms. The van der Waals surface area contributed by atoms with Gasteiger partial charge < -0.3 is 4.74 Å². The monoisotopic (exact) mass is 272 g/mol. The first kappa shape index (κ1) is 13.4. The SMILES string of the molecule is CCOC(=O)c1c(C(F)(F)F)nc2cccc(C)n12. The molecule has 0 aliphatic rings. The maximum absolute atomic E-state index is 12.9. The Labute approximate surface area is 106 Å². The van der Waals surface area contributed by atoms with Crippen LogP contribution in [0, 0.1) is 6.92 Å². The summed E-state index contributed by atoms with van der Waals surface area (Å²) < 4.78 is 44.6. The number of fused-ring (bicyclic) bond motifs is 1. The summed E-state index contributed by atoms with van der Waals surface area (Å²) in [5.74, 6) is -1.03. The fourth-order valence-electron chi connectivity index (χ4n) is 1.84. The van der Waals surface area contributed by atoms with Crippen LogP contribution in [0.3, 0.4) is 0 Å². The van der Waals surface area contributed by atoms with Crippen molar-refractivity contribution in [3.05, 3.63) is 35.3 Å². The normalized spacial score (nSPS) is 11.8. The van der Waals surface area contributed by atoms with Crippen molar-refractivity contribution < 1.29 is 22.7 Å². The van der Waals surface area contributed by atoms with Gasteiger partial charge in [-0.05, 0) is 26.0 Å². The third kappa shape index (κ3) is 2.27. The number of ether oxygens (including phenoxy) is 1. The number of halogens is 3. The molecule has 0 spiro atoms. The number of carbonyl (C=O) groups excluding carboxylic acids is 1. The van der Waals surface area contributed by atoms with Gasteiger partial charge in [-0.3, -0.25) is 4.40 Å². The smallest absolute Gasteiger partial charge is 0.435 e. The number of carbonyl (C=O) groups is 1. The predicted molar refractivity (Wildman–Crippen MR) is 60.9 cm³/mol. The number of nitrogens with zero attached hydrogens (tertiary/aromatic N) is 2. The van der Waals surface area contributed by atoms with Crippen molar-refractivity contribution in [3.63, 3.8) is 0 Å². The van der Waals surface area contributed by atoms with E-state index in [1.807, 2.05) is 0 Å². The van der Waals surface area contributed by atoms with Gasteiger partial charge in [0.2, 0.25) is 0 Å². The molecule has 0 saturated carbocycles. The van der Waals surface area contributed by atoms with Gasteiger partial charge >= 0.3 is 12.1 Å². The minimum absolute atomic E-state index is 0.00472. The molecule has 0 radical (unpaired) electrons. The van der Waals surface area contributed by atoms with Crippen LogP contribution in [0.2, 0.25) is 0 Å². The molecule has 0 amide bonds. The molecule has 0 unspecified atom stereocenters.